The molecule has 388 valence electrons. The molecule has 0 radical (unpaired) electrons. The summed E-state index contributed by atoms with van der Waals surface area (Å²) in [5, 5.41) is 10.9. The van der Waals surface area contributed by atoms with Gasteiger partial charge < -0.3 is 30.5 Å². The molecular weight excluding hydrogens is 999 g/mol. The number of likely N-dealkylation sites (tertiary alicyclic amines) is 1. The summed E-state index contributed by atoms with van der Waals surface area (Å²) in [5.74, 6) is 0.888. The number of imide groups is 1. The van der Waals surface area contributed by atoms with Crippen molar-refractivity contribution >= 4 is 52.5 Å². The average molecular weight is 1050 g/mol. The summed E-state index contributed by atoms with van der Waals surface area (Å²) in [4.78, 5) is 73.1. The zero-order valence-corrected chi connectivity index (χ0v) is 40.9. The first-order valence-corrected chi connectivity index (χ1v) is 24.5. The van der Waals surface area contributed by atoms with Crippen LogP contribution in [0, 0.1) is 34.4 Å². The van der Waals surface area contributed by atoms with Gasteiger partial charge >= 0.3 is 12.5 Å². The van der Waals surface area contributed by atoms with Crippen LogP contribution in [0.25, 0.3) is 0 Å². The van der Waals surface area contributed by atoms with Crippen LogP contribution in [0.2, 0.25) is 5.02 Å². The Balaban J connectivity index is 0.871. The van der Waals surface area contributed by atoms with Crippen LogP contribution in [0.5, 0.6) is 5.75 Å². The molecule has 6 atom stereocenters. The monoisotopic (exact) mass is 1050 g/mol. The van der Waals surface area contributed by atoms with E-state index < -0.39 is 88.1 Å². The lowest BCUT2D eigenvalue weighted by Gasteiger charge is -2.39. The van der Waals surface area contributed by atoms with E-state index in [9.17, 15) is 50.3 Å². The molecule has 3 aromatic carbocycles. The Hall–Kier alpha value is -6.72. The van der Waals surface area contributed by atoms with Gasteiger partial charge in [-0.25, -0.2) is 4.39 Å². The molecule has 1 saturated carbocycles. The summed E-state index contributed by atoms with van der Waals surface area (Å²) < 4.78 is 105. The van der Waals surface area contributed by atoms with Crippen LogP contribution in [0.15, 0.2) is 66.9 Å². The summed E-state index contributed by atoms with van der Waals surface area (Å²) in [6.07, 6.45) is -6.45. The van der Waals surface area contributed by atoms with Crippen LogP contribution in [0.4, 0.5) is 42.1 Å². The van der Waals surface area contributed by atoms with Gasteiger partial charge in [0.25, 0.3) is 11.8 Å². The number of piperidine rings is 2. The maximum Gasteiger partial charge on any atom is 0.573 e. The minimum absolute atomic E-state index is 0.0184. The maximum atomic E-state index is 16.3. The molecule has 74 heavy (non-hydrogen) atoms. The van der Waals surface area contributed by atoms with Crippen LogP contribution in [-0.2, 0) is 32.5 Å². The van der Waals surface area contributed by atoms with E-state index in [0.29, 0.717) is 36.0 Å². The SMILES string of the molecule is CC(C)(C)C[C@@H]1N[C@@H](C(=O)Nc2ccc(C(=O)N3CCC4(CC3)C[C@@H]4C#Cc3cccc4c3CN(C3CCC(=O)NC3=O)C4=O)cc2OC(F)(F)F)[C@H](c2cccc(Cl)c2F)[C@]12CNc1cc(C(F)(F)F)ncc12. The molecule has 1 aliphatic carbocycles. The summed E-state index contributed by atoms with van der Waals surface area (Å²) in [6, 6.07) is 10.6. The zero-order chi connectivity index (χ0) is 52.9. The number of ether oxygens (including phenoxy) is 1. The van der Waals surface area contributed by atoms with E-state index >= 15 is 4.39 Å². The predicted octanol–water partition coefficient (Wildman–Crippen LogP) is 8.71. The van der Waals surface area contributed by atoms with Gasteiger partial charge in [-0.3, -0.25) is 34.3 Å². The largest absolute Gasteiger partial charge is 0.573 e. The van der Waals surface area contributed by atoms with Crippen molar-refractivity contribution in [3.05, 3.63) is 117 Å². The number of hydrogen-bond donors (Lipinski definition) is 4. The lowest BCUT2D eigenvalue weighted by Crippen LogP contribution is -2.52. The normalized spacial score (nSPS) is 25.0. The molecule has 4 N–H and O–H groups in total. The number of hydrogen-bond acceptors (Lipinski definition) is 9. The second-order valence-corrected chi connectivity index (χ2v) is 21.7. The third-order valence-corrected chi connectivity index (χ3v) is 15.8. The smallest absolute Gasteiger partial charge is 0.404 e. The number of nitrogens with zero attached hydrogens (tertiary/aromatic N) is 3. The Bertz CT molecular complexity index is 3090. The molecule has 21 heteroatoms. The number of benzene rings is 3. The van der Waals surface area contributed by atoms with E-state index in [1.807, 2.05) is 26.8 Å². The highest BCUT2D eigenvalue weighted by molar-refractivity contribution is 6.30. The van der Waals surface area contributed by atoms with E-state index in [2.05, 4.69) is 42.8 Å². The fourth-order valence-corrected chi connectivity index (χ4v) is 12.0. The molecule has 4 aromatic rings. The number of fused-ring (bicyclic) bond motifs is 3. The molecule has 1 aromatic heterocycles. The van der Waals surface area contributed by atoms with Gasteiger partial charge in [0.2, 0.25) is 17.7 Å². The van der Waals surface area contributed by atoms with E-state index in [1.165, 1.54) is 34.1 Å². The fraction of sp³-hybridized carbons (Fsp3) is 0.434. The van der Waals surface area contributed by atoms with Crippen molar-refractivity contribution in [1.29, 1.82) is 0 Å². The number of pyridine rings is 1. The molecule has 6 heterocycles. The van der Waals surface area contributed by atoms with E-state index in [1.54, 1.807) is 12.1 Å². The standard InChI is InChI=1S/C53H49ClF7N7O6/c1-49(2,3)23-40-51(26-63-36-21-39(52(56,57)58)62-24-33(36)51)42(31-8-5-9-34(54)43(31)55)44(65-40)46(71)64-35-13-11-28(20-38(35)74-53(59,60)61)47(72)67-18-16-50(17-19-67)22-29(50)12-10-27-6-4-7-30-32(27)25-68(48(30)73)37-14-15-41(69)66-45(37)70/h4-9,11,13,20-21,24,29,37,40,42,44,63,65H,14-19,22-23,25-26H2,1-3H3,(H,64,71)(H,66,69,70)/t29-,37?,40-,42-,44+,51-/m0/s1. The molecule has 1 unspecified atom stereocenters. The third-order valence-electron chi connectivity index (χ3n) is 15.5. The van der Waals surface area contributed by atoms with Gasteiger partial charge in [0.05, 0.1) is 16.8 Å². The number of nitrogens with one attached hydrogen (secondary N) is 4. The average Bonchev–Trinajstić information content (AvgIpc) is 3.53. The van der Waals surface area contributed by atoms with Gasteiger partial charge in [-0.2, -0.15) is 13.2 Å². The fourth-order valence-electron chi connectivity index (χ4n) is 11.8. The van der Waals surface area contributed by atoms with Gasteiger partial charge in [0, 0.05) is 90.0 Å². The Morgan fingerprint density at radius 1 is 0.986 bits per heavy atom. The number of rotatable bonds is 7. The first-order valence-electron chi connectivity index (χ1n) is 24.2. The second-order valence-electron chi connectivity index (χ2n) is 21.2. The van der Waals surface area contributed by atoms with Crippen LogP contribution in [0.3, 0.4) is 0 Å². The number of carbonyl (C=O) groups is 5. The van der Waals surface area contributed by atoms with Gasteiger partial charge in [-0.15, -0.1) is 13.2 Å². The summed E-state index contributed by atoms with van der Waals surface area (Å²) in [5.41, 5.74) is -1.70. The van der Waals surface area contributed by atoms with Crippen LogP contribution in [0.1, 0.15) is 114 Å². The Morgan fingerprint density at radius 2 is 1.73 bits per heavy atom. The van der Waals surface area contributed by atoms with E-state index in [0.717, 1.165) is 30.8 Å². The molecule has 5 amide bonds. The van der Waals surface area contributed by atoms with Gasteiger partial charge in [-0.1, -0.05) is 62.4 Å². The summed E-state index contributed by atoms with van der Waals surface area (Å²) >= 11 is 6.31. The molecule has 2 spiro atoms. The molecule has 6 aliphatic rings. The van der Waals surface area contributed by atoms with Crippen LogP contribution < -0.4 is 26.0 Å². The first kappa shape index (κ1) is 50.8. The quantitative estimate of drug-likeness (QED) is 0.0807. The maximum absolute atomic E-state index is 16.3. The second kappa shape index (κ2) is 18.3. The summed E-state index contributed by atoms with van der Waals surface area (Å²) in [6.45, 7) is 6.39. The molecule has 13 nitrogen and oxygen atoms in total. The van der Waals surface area contributed by atoms with Crippen molar-refractivity contribution < 1.29 is 59.4 Å². The van der Waals surface area contributed by atoms with Gasteiger partial charge in [0.15, 0.2) is 5.75 Å². The van der Waals surface area contributed by atoms with Crippen molar-refractivity contribution in [1.82, 2.24) is 25.4 Å². The lowest BCUT2D eigenvalue weighted by atomic mass is 9.63. The van der Waals surface area contributed by atoms with Crippen LogP contribution >= 0.6 is 11.6 Å². The highest BCUT2D eigenvalue weighted by Gasteiger charge is 2.62. The van der Waals surface area contributed by atoms with Crippen molar-refractivity contribution in [2.75, 3.05) is 30.3 Å². The molecule has 3 saturated heterocycles. The minimum atomic E-state index is -5.27. The van der Waals surface area contributed by atoms with Crippen molar-refractivity contribution in [3.63, 3.8) is 0 Å². The highest BCUT2D eigenvalue weighted by atomic mass is 35.5. The van der Waals surface area contributed by atoms with Crippen molar-refractivity contribution in [2.45, 2.75) is 108 Å². The topological polar surface area (TPSA) is 162 Å². The number of halogens is 8. The zero-order valence-electron chi connectivity index (χ0n) is 40.1. The molecule has 5 aliphatic heterocycles. The van der Waals surface area contributed by atoms with Crippen molar-refractivity contribution in [3.8, 4) is 17.6 Å². The molecule has 4 fully saturated rings. The number of alkyl halides is 6. The molecule has 0 bridgehead atoms. The Labute approximate surface area is 425 Å². The number of carbonyl (C=O) groups excluding carboxylic acids is 5. The minimum Gasteiger partial charge on any atom is -0.404 e. The number of amides is 5. The van der Waals surface area contributed by atoms with Gasteiger partial charge in [0.1, 0.15) is 17.6 Å². The number of anilines is 2. The Morgan fingerprint density at radius 3 is 2.43 bits per heavy atom. The predicted molar refractivity (Wildman–Crippen MR) is 255 cm³/mol. The Kier molecular flexibility index (Phi) is 12.6. The van der Waals surface area contributed by atoms with Crippen molar-refractivity contribution in [2.24, 2.45) is 16.7 Å². The molecular formula is C53H49ClF7N7O6. The molecule has 10 rings (SSSR count). The van der Waals surface area contributed by atoms with Gasteiger partial charge in [-0.05, 0) is 96.5 Å². The van der Waals surface area contributed by atoms with Crippen LogP contribution in [-0.4, -0.2) is 88.4 Å². The lowest BCUT2D eigenvalue weighted by molar-refractivity contribution is -0.274. The third kappa shape index (κ3) is 9.30. The number of aromatic nitrogens is 1. The highest BCUT2D eigenvalue weighted by Crippen LogP contribution is 2.60. The summed E-state index contributed by atoms with van der Waals surface area (Å²) in [7, 11) is 0. The first-order chi connectivity index (χ1) is 34.9. The van der Waals surface area contributed by atoms with E-state index in [4.69, 9.17) is 11.6 Å². The van der Waals surface area contributed by atoms with E-state index in [-0.39, 0.29) is 89.6 Å².